The molecule has 0 unspecified atom stereocenters. The minimum absolute atomic E-state index is 0.0459. The lowest BCUT2D eigenvalue weighted by molar-refractivity contribution is 0.381. The molecule has 2 aromatic rings. The van der Waals surface area contributed by atoms with E-state index in [-0.39, 0.29) is 11.6 Å². The van der Waals surface area contributed by atoms with Crippen molar-refractivity contribution in [2.75, 3.05) is 14.1 Å². The van der Waals surface area contributed by atoms with Crippen LogP contribution >= 0.6 is 11.3 Å². The van der Waals surface area contributed by atoms with Gasteiger partial charge in [-0.15, -0.1) is 11.3 Å². The quantitative estimate of drug-likeness (QED) is 0.870. The van der Waals surface area contributed by atoms with E-state index in [0.29, 0.717) is 12.3 Å². The van der Waals surface area contributed by atoms with Crippen LogP contribution in [0.5, 0.6) is 0 Å². The van der Waals surface area contributed by atoms with E-state index < -0.39 is 10.0 Å². The number of nitrogens with one attached hydrogen (secondary N) is 1. The second-order valence-electron chi connectivity index (χ2n) is 3.99. The van der Waals surface area contributed by atoms with E-state index in [4.69, 9.17) is 4.42 Å². The molecule has 0 saturated heterocycles. The Morgan fingerprint density at radius 3 is 2.89 bits per heavy atom. The number of hydrogen-bond acceptors (Lipinski definition) is 6. The summed E-state index contributed by atoms with van der Waals surface area (Å²) in [5.74, 6) is 0.586. The van der Waals surface area contributed by atoms with Gasteiger partial charge in [0, 0.05) is 12.4 Å². The molecular formula is C11H15N3O3S2. The van der Waals surface area contributed by atoms with Crippen LogP contribution in [0.2, 0.25) is 0 Å². The van der Waals surface area contributed by atoms with E-state index in [0.717, 1.165) is 5.69 Å². The summed E-state index contributed by atoms with van der Waals surface area (Å²) >= 11 is 1.43. The first-order valence-corrected chi connectivity index (χ1v) is 7.99. The van der Waals surface area contributed by atoms with Gasteiger partial charge in [0.05, 0.1) is 24.3 Å². The number of sulfonamides is 1. The van der Waals surface area contributed by atoms with E-state index in [1.807, 2.05) is 5.38 Å². The van der Waals surface area contributed by atoms with Crippen LogP contribution in [0.4, 0.5) is 0 Å². The van der Waals surface area contributed by atoms with Gasteiger partial charge < -0.3 is 9.73 Å². The molecule has 2 aromatic heterocycles. The Hall–Kier alpha value is -1.22. The maximum Gasteiger partial charge on any atom is 0.276 e. The number of hydrogen-bond donors (Lipinski definition) is 1. The first-order chi connectivity index (χ1) is 9.04. The molecule has 0 saturated carbocycles. The van der Waals surface area contributed by atoms with Crippen LogP contribution in [0.3, 0.4) is 0 Å². The number of nitrogens with zero attached hydrogens (tertiary/aromatic N) is 2. The van der Waals surface area contributed by atoms with Gasteiger partial charge in [-0.2, -0.15) is 4.31 Å². The fourth-order valence-electron chi connectivity index (χ4n) is 1.55. The minimum atomic E-state index is -3.61. The molecule has 1 N–H and O–H groups in total. The molecule has 6 nitrogen and oxygen atoms in total. The lowest BCUT2D eigenvalue weighted by atomic mass is 10.4. The van der Waals surface area contributed by atoms with Gasteiger partial charge in [-0.25, -0.2) is 13.4 Å². The van der Waals surface area contributed by atoms with Crippen molar-refractivity contribution in [2.45, 2.75) is 18.2 Å². The topological polar surface area (TPSA) is 75.4 Å². The summed E-state index contributed by atoms with van der Waals surface area (Å²) in [5.41, 5.74) is 2.39. The van der Waals surface area contributed by atoms with Gasteiger partial charge in [-0.05, 0) is 19.2 Å². The first-order valence-electron chi connectivity index (χ1n) is 5.60. The van der Waals surface area contributed by atoms with Crippen molar-refractivity contribution in [3.05, 3.63) is 34.5 Å². The summed E-state index contributed by atoms with van der Waals surface area (Å²) in [6.45, 7) is 0.721. The minimum Gasteiger partial charge on any atom is -0.447 e. The molecule has 0 aliphatic rings. The zero-order valence-corrected chi connectivity index (χ0v) is 12.3. The van der Waals surface area contributed by atoms with E-state index in [1.165, 1.54) is 28.8 Å². The molecule has 0 amide bonds. The monoisotopic (exact) mass is 301 g/mol. The Morgan fingerprint density at radius 2 is 2.26 bits per heavy atom. The van der Waals surface area contributed by atoms with E-state index >= 15 is 0 Å². The van der Waals surface area contributed by atoms with Crippen molar-refractivity contribution >= 4 is 21.4 Å². The van der Waals surface area contributed by atoms with Crippen molar-refractivity contribution in [2.24, 2.45) is 0 Å². The van der Waals surface area contributed by atoms with Gasteiger partial charge in [0.1, 0.15) is 5.76 Å². The average molecular weight is 301 g/mol. The van der Waals surface area contributed by atoms with E-state index in [9.17, 15) is 8.42 Å². The van der Waals surface area contributed by atoms with Crippen molar-refractivity contribution in [1.82, 2.24) is 14.6 Å². The van der Waals surface area contributed by atoms with Crippen LogP contribution in [-0.4, -0.2) is 31.8 Å². The molecule has 19 heavy (non-hydrogen) atoms. The third kappa shape index (κ3) is 3.21. The molecule has 8 heteroatoms. The third-order valence-corrected chi connectivity index (χ3v) is 4.83. The second-order valence-corrected chi connectivity index (χ2v) is 6.69. The first kappa shape index (κ1) is 14.2. The van der Waals surface area contributed by atoms with Crippen LogP contribution in [0.25, 0.3) is 0 Å². The molecule has 0 aromatic carbocycles. The molecular weight excluding hydrogens is 286 g/mol. The molecule has 0 atom stereocenters. The van der Waals surface area contributed by atoms with Crippen LogP contribution < -0.4 is 5.32 Å². The Labute approximate surface area is 116 Å². The summed E-state index contributed by atoms with van der Waals surface area (Å²) < 4.78 is 31.1. The maximum absolute atomic E-state index is 12.3. The zero-order valence-electron chi connectivity index (χ0n) is 10.7. The highest BCUT2D eigenvalue weighted by Gasteiger charge is 2.25. The second kappa shape index (κ2) is 5.83. The van der Waals surface area contributed by atoms with Gasteiger partial charge in [0.2, 0.25) is 5.09 Å². The van der Waals surface area contributed by atoms with Gasteiger partial charge in [0.25, 0.3) is 10.0 Å². The molecule has 0 fully saturated rings. The number of thiazole rings is 1. The fourth-order valence-corrected chi connectivity index (χ4v) is 3.16. The molecule has 104 valence electrons. The Morgan fingerprint density at radius 1 is 1.47 bits per heavy atom. The van der Waals surface area contributed by atoms with Crippen LogP contribution in [0.1, 0.15) is 11.5 Å². The molecule has 2 heterocycles. The average Bonchev–Trinajstić information content (AvgIpc) is 3.00. The predicted molar refractivity (Wildman–Crippen MR) is 72.2 cm³/mol. The summed E-state index contributed by atoms with van der Waals surface area (Å²) in [6.07, 6.45) is 0. The van der Waals surface area contributed by atoms with Gasteiger partial charge in [0.15, 0.2) is 0 Å². The summed E-state index contributed by atoms with van der Waals surface area (Å²) in [7, 11) is -0.331. The largest absolute Gasteiger partial charge is 0.447 e. The van der Waals surface area contributed by atoms with Crippen molar-refractivity contribution in [3.8, 4) is 0 Å². The third-order valence-electron chi connectivity index (χ3n) is 2.52. The van der Waals surface area contributed by atoms with Gasteiger partial charge in [-0.1, -0.05) is 0 Å². The Kier molecular flexibility index (Phi) is 4.35. The van der Waals surface area contributed by atoms with Crippen LogP contribution in [0.15, 0.2) is 32.5 Å². The molecule has 2 rings (SSSR count). The lowest BCUT2D eigenvalue weighted by Gasteiger charge is -2.13. The van der Waals surface area contributed by atoms with Crippen molar-refractivity contribution in [1.29, 1.82) is 0 Å². The molecule has 0 aliphatic carbocycles. The van der Waals surface area contributed by atoms with Gasteiger partial charge in [-0.3, -0.25) is 0 Å². The summed E-state index contributed by atoms with van der Waals surface area (Å²) in [6, 6.07) is 3.12. The zero-order chi connectivity index (χ0) is 13.9. The molecule has 0 aliphatic heterocycles. The van der Waals surface area contributed by atoms with Crippen molar-refractivity contribution < 1.29 is 12.8 Å². The standard InChI is InChI=1S/C11H15N3O3S2/c1-12-5-10-3-4-11(17-10)19(15,16)14(2)6-9-7-18-8-13-9/h3-4,7-8,12H,5-6H2,1-2H3. The number of furan rings is 1. The van der Waals surface area contributed by atoms with E-state index in [2.05, 4.69) is 10.3 Å². The highest BCUT2D eigenvalue weighted by molar-refractivity contribution is 7.88. The fraction of sp³-hybridized carbons (Fsp3) is 0.364. The molecule has 0 bridgehead atoms. The maximum atomic E-state index is 12.3. The number of rotatable bonds is 6. The summed E-state index contributed by atoms with van der Waals surface area (Å²) in [4.78, 5) is 4.07. The van der Waals surface area contributed by atoms with Crippen LogP contribution in [0, 0.1) is 0 Å². The predicted octanol–water partition coefficient (Wildman–Crippen LogP) is 1.28. The lowest BCUT2D eigenvalue weighted by Crippen LogP contribution is -2.26. The number of aromatic nitrogens is 1. The SMILES string of the molecule is CNCc1ccc(S(=O)(=O)N(C)Cc2cscn2)o1. The molecule has 0 radical (unpaired) electrons. The highest BCUT2D eigenvalue weighted by atomic mass is 32.2. The molecule has 0 spiro atoms. The van der Waals surface area contributed by atoms with Crippen LogP contribution in [-0.2, 0) is 23.1 Å². The summed E-state index contributed by atoms with van der Waals surface area (Å²) in [5, 5.41) is 4.68. The van der Waals surface area contributed by atoms with Gasteiger partial charge >= 0.3 is 0 Å². The smallest absolute Gasteiger partial charge is 0.276 e. The van der Waals surface area contributed by atoms with Crippen molar-refractivity contribution in [3.63, 3.8) is 0 Å². The van der Waals surface area contributed by atoms with E-state index in [1.54, 1.807) is 18.6 Å². The normalized spacial score (nSPS) is 12.2. The Bertz CT molecular complexity index is 619. The Balaban J connectivity index is 2.16. The highest BCUT2D eigenvalue weighted by Crippen LogP contribution is 2.19.